The minimum Gasteiger partial charge on any atom is -0.484 e. The van der Waals surface area contributed by atoms with E-state index in [9.17, 15) is 22.4 Å². The van der Waals surface area contributed by atoms with Crippen molar-refractivity contribution < 1.29 is 27.1 Å². The van der Waals surface area contributed by atoms with Gasteiger partial charge in [0, 0.05) is 17.3 Å². The van der Waals surface area contributed by atoms with Crippen LogP contribution in [0.25, 0.3) is 0 Å². The molecule has 7 heteroatoms. The first kappa shape index (κ1) is 16.8. The highest BCUT2D eigenvalue weighted by Gasteiger charge is 2.28. The van der Waals surface area contributed by atoms with Crippen molar-refractivity contribution in [2.45, 2.75) is 13.1 Å². The zero-order valence-corrected chi connectivity index (χ0v) is 12.1. The Kier molecular flexibility index (Phi) is 4.88. The monoisotopic (exact) mass is 327 g/mol. The Labute approximate surface area is 129 Å². The first-order valence-electron chi connectivity index (χ1n) is 6.62. The van der Waals surface area contributed by atoms with Gasteiger partial charge in [-0.3, -0.25) is 4.79 Å². The molecule has 23 heavy (non-hydrogen) atoms. The number of carbonyl (C=O) groups is 1. The van der Waals surface area contributed by atoms with Gasteiger partial charge in [0.1, 0.15) is 11.6 Å². The van der Waals surface area contributed by atoms with E-state index in [-0.39, 0.29) is 17.0 Å². The van der Waals surface area contributed by atoms with Crippen LogP contribution in [0.1, 0.15) is 15.9 Å². The van der Waals surface area contributed by atoms with Crippen LogP contribution in [0, 0.1) is 12.7 Å². The summed E-state index contributed by atoms with van der Waals surface area (Å²) in [5.74, 6) is -1.12. The first-order valence-corrected chi connectivity index (χ1v) is 6.62. The van der Waals surface area contributed by atoms with Crippen LogP contribution in [-0.4, -0.2) is 18.7 Å². The highest BCUT2D eigenvalue weighted by atomic mass is 19.4. The smallest absolute Gasteiger partial charge is 0.422 e. The molecule has 2 rings (SSSR count). The number of alkyl halides is 3. The Hall–Kier alpha value is -2.57. The van der Waals surface area contributed by atoms with Crippen molar-refractivity contribution in [2.75, 3.05) is 11.9 Å². The lowest BCUT2D eigenvalue weighted by atomic mass is 10.1. The summed E-state index contributed by atoms with van der Waals surface area (Å²) in [6.45, 7) is 0.145. The number of amides is 1. The number of anilines is 1. The van der Waals surface area contributed by atoms with Crippen molar-refractivity contribution in [1.29, 1.82) is 0 Å². The quantitative estimate of drug-likeness (QED) is 0.849. The molecule has 1 N–H and O–H groups in total. The van der Waals surface area contributed by atoms with Gasteiger partial charge in [-0.15, -0.1) is 0 Å². The highest BCUT2D eigenvalue weighted by Crippen LogP contribution is 2.22. The average molecular weight is 327 g/mol. The number of nitrogens with one attached hydrogen (secondary N) is 1. The minimum atomic E-state index is -4.45. The minimum absolute atomic E-state index is 0.0322. The van der Waals surface area contributed by atoms with Crippen LogP contribution in [0.5, 0.6) is 5.75 Å². The summed E-state index contributed by atoms with van der Waals surface area (Å²) >= 11 is 0. The lowest BCUT2D eigenvalue weighted by Gasteiger charge is -2.11. The van der Waals surface area contributed by atoms with Crippen LogP contribution >= 0.6 is 0 Å². The van der Waals surface area contributed by atoms with E-state index in [0.717, 1.165) is 6.07 Å². The fourth-order valence-corrected chi connectivity index (χ4v) is 1.77. The molecule has 1 amide bonds. The lowest BCUT2D eigenvalue weighted by Crippen LogP contribution is -2.19. The molecule has 0 aliphatic rings. The molecule has 2 aromatic rings. The summed E-state index contributed by atoms with van der Waals surface area (Å²) in [6.07, 6.45) is -4.45. The van der Waals surface area contributed by atoms with Crippen molar-refractivity contribution in [3.63, 3.8) is 0 Å². The number of rotatable bonds is 4. The number of benzene rings is 2. The molecule has 122 valence electrons. The predicted octanol–water partition coefficient (Wildman–Crippen LogP) is 4.33. The molecule has 0 fully saturated rings. The van der Waals surface area contributed by atoms with Gasteiger partial charge in [-0.05, 0) is 36.8 Å². The van der Waals surface area contributed by atoms with Gasteiger partial charge in [0.05, 0.1) is 0 Å². The van der Waals surface area contributed by atoms with Crippen LogP contribution in [0.4, 0.5) is 23.2 Å². The van der Waals surface area contributed by atoms with Crippen molar-refractivity contribution in [2.24, 2.45) is 0 Å². The van der Waals surface area contributed by atoms with Gasteiger partial charge >= 0.3 is 6.18 Å². The molecule has 0 radical (unpaired) electrons. The Bertz CT molecular complexity index is 713. The van der Waals surface area contributed by atoms with Gasteiger partial charge in [0.25, 0.3) is 5.91 Å². The predicted molar refractivity (Wildman–Crippen MR) is 77.1 cm³/mol. The third kappa shape index (κ3) is 4.98. The maximum atomic E-state index is 13.4. The number of halogens is 4. The summed E-state index contributed by atoms with van der Waals surface area (Å²) in [5, 5.41) is 2.48. The van der Waals surface area contributed by atoms with Gasteiger partial charge in [-0.2, -0.15) is 13.2 Å². The van der Waals surface area contributed by atoms with Crippen LogP contribution in [0.15, 0.2) is 42.5 Å². The fraction of sp³-hybridized carbons (Fsp3) is 0.188. The number of carbonyl (C=O) groups excluding carboxylic acids is 1. The summed E-state index contributed by atoms with van der Waals surface area (Å²) in [7, 11) is 0. The third-order valence-corrected chi connectivity index (χ3v) is 2.93. The second-order valence-corrected chi connectivity index (χ2v) is 4.85. The molecule has 0 aromatic heterocycles. The Balaban J connectivity index is 2.07. The fourth-order valence-electron chi connectivity index (χ4n) is 1.77. The summed E-state index contributed by atoms with van der Waals surface area (Å²) < 4.78 is 54.4. The molecule has 0 heterocycles. The molecule has 0 aliphatic heterocycles. The molecule has 3 nitrogen and oxygen atoms in total. The SMILES string of the molecule is Cc1ccc(C(=O)Nc2cccc(OCC(F)(F)F)c2)cc1F. The molecule has 2 aromatic carbocycles. The first-order chi connectivity index (χ1) is 10.7. The Morgan fingerprint density at radius 3 is 2.57 bits per heavy atom. The third-order valence-electron chi connectivity index (χ3n) is 2.93. The van der Waals surface area contributed by atoms with Crippen molar-refractivity contribution in [3.8, 4) is 5.75 Å². The summed E-state index contributed by atoms with van der Waals surface area (Å²) in [6, 6.07) is 9.54. The van der Waals surface area contributed by atoms with Crippen molar-refractivity contribution >= 4 is 11.6 Å². The Morgan fingerprint density at radius 1 is 1.17 bits per heavy atom. The number of ether oxygens (including phenoxy) is 1. The molecule has 0 spiro atoms. The van der Waals surface area contributed by atoms with E-state index in [1.165, 1.54) is 36.4 Å². The van der Waals surface area contributed by atoms with Crippen LogP contribution in [0.3, 0.4) is 0 Å². The lowest BCUT2D eigenvalue weighted by molar-refractivity contribution is -0.153. The summed E-state index contributed by atoms with van der Waals surface area (Å²) in [4.78, 5) is 12.0. The van der Waals surface area contributed by atoms with Gasteiger partial charge in [-0.1, -0.05) is 12.1 Å². The Morgan fingerprint density at radius 2 is 1.91 bits per heavy atom. The van der Waals surface area contributed by atoms with Crippen LogP contribution < -0.4 is 10.1 Å². The topological polar surface area (TPSA) is 38.3 Å². The second-order valence-electron chi connectivity index (χ2n) is 4.85. The standard InChI is InChI=1S/C16H13F4NO2/c1-10-5-6-11(7-14(10)17)15(22)21-12-3-2-4-13(8-12)23-9-16(18,19)20/h2-8H,9H2,1H3,(H,21,22). The van der Waals surface area contributed by atoms with Gasteiger partial charge in [0.15, 0.2) is 6.61 Å². The molecular formula is C16H13F4NO2. The van der Waals surface area contributed by atoms with E-state index in [0.29, 0.717) is 5.56 Å². The van der Waals surface area contributed by atoms with E-state index in [4.69, 9.17) is 0 Å². The molecule has 0 saturated carbocycles. The molecule has 0 bridgehead atoms. The molecule has 0 unspecified atom stereocenters. The van der Waals surface area contributed by atoms with Crippen molar-refractivity contribution in [1.82, 2.24) is 0 Å². The second kappa shape index (κ2) is 6.68. The molecule has 0 saturated heterocycles. The number of aryl methyl sites for hydroxylation is 1. The maximum absolute atomic E-state index is 13.4. The summed E-state index contributed by atoms with van der Waals surface area (Å²) in [5.41, 5.74) is 0.759. The largest absolute Gasteiger partial charge is 0.484 e. The van der Waals surface area contributed by atoms with Crippen LogP contribution in [0.2, 0.25) is 0 Å². The normalized spacial score (nSPS) is 11.2. The van der Waals surface area contributed by atoms with Gasteiger partial charge < -0.3 is 10.1 Å². The van der Waals surface area contributed by atoms with Crippen LogP contribution in [-0.2, 0) is 0 Å². The van der Waals surface area contributed by atoms with E-state index in [2.05, 4.69) is 10.1 Å². The van der Waals surface area contributed by atoms with Gasteiger partial charge in [-0.25, -0.2) is 4.39 Å². The molecular weight excluding hydrogens is 314 g/mol. The van der Waals surface area contributed by atoms with E-state index >= 15 is 0 Å². The number of hydrogen-bond acceptors (Lipinski definition) is 2. The van der Waals surface area contributed by atoms with E-state index < -0.39 is 24.5 Å². The van der Waals surface area contributed by atoms with Gasteiger partial charge in [0.2, 0.25) is 0 Å². The van der Waals surface area contributed by atoms with Crippen molar-refractivity contribution in [3.05, 3.63) is 59.4 Å². The molecule has 0 aliphatic carbocycles. The zero-order chi connectivity index (χ0) is 17.0. The average Bonchev–Trinajstić information content (AvgIpc) is 2.47. The highest BCUT2D eigenvalue weighted by molar-refractivity contribution is 6.04. The maximum Gasteiger partial charge on any atom is 0.422 e. The van der Waals surface area contributed by atoms with E-state index in [1.807, 2.05) is 0 Å². The molecule has 0 atom stereocenters. The number of hydrogen-bond donors (Lipinski definition) is 1. The zero-order valence-electron chi connectivity index (χ0n) is 12.1. The van der Waals surface area contributed by atoms with E-state index in [1.54, 1.807) is 6.92 Å².